The lowest BCUT2D eigenvalue weighted by atomic mass is 10.1. The molecule has 0 radical (unpaired) electrons. The Hall–Kier alpha value is -1.17. The van der Waals surface area contributed by atoms with Gasteiger partial charge in [0.2, 0.25) is 0 Å². The Morgan fingerprint density at radius 3 is 2.57 bits per heavy atom. The molecule has 4 nitrogen and oxygen atoms in total. The molecule has 1 heterocycles. The predicted octanol–water partition coefficient (Wildman–Crippen LogP) is 3.26. The first-order valence-electron chi connectivity index (χ1n) is 6.26. The standard InChI is InChI=1S/C14H14Cl2N2O2S/c1-8(21-2)7-18-13(19)11(12(16)17-14(18)20)9-5-3-4-6-10(9)15/h3-6,8H,7H2,1-2H3,(H,17,20). The molecule has 1 N–H and O–H groups in total. The number of halogens is 2. The predicted molar refractivity (Wildman–Crippen MR) is 89.8 cm³/mol. The molecule has 1 aromatic carbocycles. The average molecular weight is 345 g/mol. The molecule has 112 valence electrons. The van der Waals surface area contributed by atoms with E-state index in [2.05, 4.69) is 4.98 Å². The van der Waals surface area contributed by atoms with Crippen LogP contribution in [0.15, 0.2) is 33.9 Å². The Bertz CT molecular complexity index is 770. The number of rotatable bonds is 4. The number of benzene rings is 1. The molecule has 0 saturated carbocycles. The second-order valence-corrected chi connectivity index (χ2v) is 6.62. The van der Waals surface area contributed by atoms with Crippen LogP contribution >= 0.6 is 35.0 Å². The van der Waals surface area contributed by atoms with E-state index in [1.807, 2.05) is 13.2 Å². The molecule has 0 fully saturated rings. The zero-order chi connectivity index (χ0) is 15.6. The van der Waals surface area contributed by atoms with Gasteiger partial charge in [0.25, 0.3) is 5.56 Å². The fraction of sp³-hybridized carbons (Fsp3) is 0.286. The lowest BCUT2D eigenvalue weighted by molar-refractivity contribution is 0.627. The van der Waals surface area contributed by atoms with Gasteiger partial charge in [-0.05, 0) is 12.3 Å². The SMILES string of the molecule is CSC(C)Cn1c(=O)[nH]c(Cl)c(-c2ccccc2Cl)c1=O. The summed E-state index contributed by atoms with van der Waals surface area (Å²) in [4.78, 5) is 27.1. The highest BCUT2D eigenvalue weighted by Gasteiger charge is 2.17. The van der Waals surface area contributed by atoms with Crippen molar-refractivity contribution in [3.63, 3.8) is 0 Å². The third-order valence-corrected chi connectivity index (χ3v) is 4.69. The molecular weight excluding hydrogens is 331 g/mol. The summed E-state index contributed by atoms with van der Waals surface area (Å²) in [6.45, 7) is 2.25. The van der Waals surface area contributed by atoms with Crippen LogP contribution in [0.5, 0.6) is 0 Å². The second kappa shape index (κ2) is 6.73. The molecule has 21 heavy (non-hydrogen) atoms. The van der Waals surface area contributed by atoms with Crippen molar-refractivity contribution in [2.75, 3.05) is 6.26 Å². The first kappa shape index (κ1) is 16.2. The van der Waals surface area contributed by atoms with Gasteiger partial charge in [0, 0.05) is 22.4 Å². The van der Waals surface area contributed by atoms with Crippen molar-refractivity contribution < 1.29 is 0 Å². The molecule has 1 aromatic heterocycles. The molecule has 0 amide bonds. The van der Waals surface area contributed by atoms with E-state index >= 15 is 0 Å². The monoisotopic (exact) mass is 344 g/mol. The minimum absolute atomic E-state index is 0.00570. The van der Waals surface area contributed by atoms with Crippen LogP contribution in [-0.4, -0.2) is 21.1 Å². The summed E-state index contributed by atoms with van der Waals surface area (Å²) >= 11 is 13.8. The summed E-state index contributed by atoms with van der Waals surface area (Å²) in [5.41, 5.74) is -0.217. The van der Waals surface area contributed by atoms with Crippen molar-refractivity contribution in [3.05, 3.63) is 55.3 Å². The molecule has 0 spiro atoms. The Balaban J connectivity index is 2.68. The lowest BCUT2D eigenvalue weighted by Crippen LogP contribution is -2.38. The summed E-state index contributed by atoms with van der Waals surface area (Å²) in [5.74, 6) is 0. The molecule has 7 heteroatoms. The Morgan fingerprint density at radius 1 is 1.29 bits per heavy atom. The number of nitrogens with one attached hydrogen (secondary N) is 1. The van der Waals surface area contributed by atoms with Gasteiger partial charge in [-0.25, -0.2) is 4.79 Å². The van der Waals surface area contributed by atoms with E-state index in [1.165, 1.54) is 0 Å². The lowest BCUT2D eigenvalue weighted by Gasteiger charge is -2.13. The van der Waals surface area contributed by atoms with Gasteiger partial charge in [0.15, 0.2) is 0 Å². The number of aromatic amines is 1. The summed E-state index contributed by atoms with van der Waals surface area (Å²) in [7, 11) is 0. The highest BCUT2D eigenvalue weighted by atomic mass is 35.5. The van der Waals surface area contributed by atoms with Gasteiger partial charge in [-0.1, -0.05) is 48.3 Å². The number of nitrogens with zero attached hydrogens (tertiary/aromatic N) is 1. The van der Waals surface area contributed by atoms with Crippen LogP contribution in [0.2, 0.25) is 10.2 Å². The third kappa shape index (κ3) is 3.36. The van der Waals surface area contributed by atoms with Gasteiger partial charge in [-0.15, -0.1) is 0 Å². The molecule has 0 aliphatic carbocycles. The quantitative estimate of drug-likeness (QED) is 0.866. The van der Waals surface area contributed by atoms with Crippen LogP contribution in [0.4, 0.5) is 0 Å². The maximum absolute atomic E-state index is 12.6. The molecule has 1 unspecified atom stereocenters. The third-order valence-electron chi connectivity index (χ3n) is 3.13. The van der Waals surface area contributed by atoms with Crippen LogP contribution in [0, 0.1) is 0 Å². The van der Waals surface area contributed by atoms with E-state index in [0.29, 0.717) is 17.1 Å². The Labute approximate surface area is 136 Å². The number of thioether (sulfide) groups is 1. The number of H-pyrrole nitrogens is 1. The maximum Gasteiger partial charge on any atom is 0.329 e. The molecular formula is C14H14Cl2N2O2S. The molecule has 0 aliphatic rings. The number of hydrogen-bond donors (Lipinski definition) is 1. The topological polar surface area (TPSA) is 54.9 Å². The van der Waals surface area contributed by atoms with Gasteiger partial charge in [-0.3, -0.25) is 14.3 Å². The van der Waals surface area contributed by atoms with Gasteiger partial charge < -0.3 is 0 Å². The van der Waals surface area contributed by atoms with Crippen LogP contribution in [-0.2, 0) is 6.54 Å². The molecule has 2 rings (SSSR count). The van der Waals surface area contributed by atoms with E-state index in [4.69, 9.17) is 23.2 Å². The first-order valence-corrected chi connectivity index (χ1v) is 8.30. The van der Waals surface area contributed by atoms with E-state index in [-0.39, 0.29) is 16.0 Å². The van der Waals surface area contributed by atoms with Crippen molar-refractivity contribution in [1.82, 2.24) is 9.55 Å². The van der Waals surface area contributed by atoms with E-state index in [9.17, 15) is 9.59 Å². The van der Waals surface area contributed by atoms with Crippen LogP contribution in [0.25, 0.3) is 11.1 Å². The van der Waals surface area contributed by atoms with Crippen molar-refractivity contribution in [2.24, 2.45) is 0 Å². The van der Waals surface area contributed by atoms with Gasteiger partial charge in [0.05, 0.1) is 5.56 Å². The van der Waals surface area contributed by atoms with E-state index in [1.54, 1.807) is 36.0 Å². The van der Waals surface area contributed by atoms with Gasteiger partial charge >= 0.3 is 5.69 Å². The fourth-order valence-electron chi connectivity index (χ4n) is 1.94. The highest BCUT2D eigenvalue weighted by Crippen LogP contribution is 2.28. The van der Waals surface area contributed by atoms with E-state index in [0.717, 1.165) is 4.57 Å². The molecule has 0 aliphatic heterocycles. The average Bonchev–Trinajstić information content (AvgIpc) is 2.45. The van der Waals surface area contributed by atoms with Crippen molar-refractivity contribution >= 4 is 35.0 Å². The summed E-state index contributed by atoms with van der Waals surface area (Å²) in [6.07, 6.45) is 1.93. The van der Waals surface area contributed by atoms with Gasteiger partial charge in [0.1, 0.15) is 5.15 Å². The smallest absolute Gasteiger partial charge is 0.297 e. The minimum atomic E-state index is -0.512. The van der Waals surface area contributed by atoms with Crippen LogP contribution < -0.4 is 11.2 Å². The normalized spacial score (nSPS) is 12.4. The van der Waals surface area contributed by atoms with Gasteiger partial charge in [-0.2, -0.15) is 11.8 Å². The summed E-state index contributed by atoms with van der Waals surface area (Å²) in [6, 6.07) is 6.90. The van der Waals surface area contributed by atoms with Crippen molar-refractivity contribution in [1.29, 1.82) is 0 Å². The zero-order valence-electron chi connectivity index (χ0n) is 11.5. The molecule has 1 atom stereocenters. The van der Waals surface area contributed by atoms with Crippen LogP contribution in [0.1, 0.15) is 6.92 Å². The van der Waals surface area contributed by atoms with Crippen molar-refractivity contribution in [3.8, 4) is 11.1 Å². The largest absolute Gasteiger partial charge is 0.329 e. The molecule has 2 aromatic rings. The summed E-state index contributed by atoms with van der Waals surface area (Å²) < 4.78 is 1.16. The first-order chi connectivity index (χ1) is 9.95. The second-order valence-electron chi connectivity index (χ2n) is 4.56. The molecule has 0 bridgehead atoms. The maximum atomic E-state index is 12.6. The van der Waals surface area contributed by atoms with E-state index < -0.39 is 11.2 Å². The van der Waals surface area contributed by atoms with Crippen LogP contribution in [0.3, 0.4) is 0 Å². The fourth-order valence-corrected chi connectivity index (χ4v) is 2.73. The number of hydrogen-bond acceptors (Lipinski definition) is 3. The molecule has 0 saturated heterocycles. The number of aromatic nitrogens is 2. The van der Waals surface area contributed by atoms with Crippen molar-refractivity contribution in [2.45, 2.75) is 18.7 Å². The minimum Gasteiger partial charge on any atom is -0.297 e. The highest BCUT2D eigenvalue weighted by molar-refractivity contribution is 7.99. The summed E-state index contributed by atoms with van der Waals surface area (Å²) in [5, 5.41) is 0.545. The zero-order valence-corrected chi connectivity index (χ0v) is 13.9. The Morgan fingerprint density at radius 2 is 1.95 bits per heavy atom. The Kier molecular flexibility index (Phi) is 5.19.